The molecule has 8 nitrogen and oxygen atoms in total. The van der Waals surface area contributed by atoms with Gasteiger partial charge < -0.3 is 14.6 Å². The number of hydrogen-bond donors (Lipinski definition) is 2. The van der Waals surface area contributed by atoms with Gasteiger partial charge in [0, 0.05) is 25.9 Å². The zero-order chi connectivity index (χ0) is 24.5. The molecule has 2 N–H and O–H groups in total. The molecule has 0 saturated heterocycles. The molecule has 0 atom stereocenters. The minimum atomic E-state index is -0.329. The fraction of sp³-hybridized carbons (Fsp3) is 0.538. The Bertz CT molecular complexity index is 1230. The molecule has 0 aliphatic carbocycles. The van der Waals surface area contributed by atoms with Gasteiger partial charge in [-0.3, -0.25) is 19.4 Å². The van der Waals surface area contributed by atoms with E-state index >= 15 is 0 Å². The molecule has 0 spiro atoms. The lowest BCUT2D eigenvalue weighted by Gasteiger charge is -2.15. The van der Waals surface area contributed by atoms with Gasteiger partial charge in [0.15, 0.2) is 0 Å². The molecule has 0 bridgehead atoms. The number of aryl methyl sites for hydroxylation is 1. The van der Waals surface area contributed by atoms with Crippen molar-refractivity contribution in [3.05, 3.63) is 51.9 Å². The van der Waals surface area contributed by atoms with Crippen LogP contribution in [0.4, 0.5) is 0 Å². The average molecular weight is 468 g/mol. The second-order valence-corrected chi connectivity index (χ2v) is 8.94. The van der Waals surface area contributed by atoms with E-state index in [0.29, 0.717) is 42.8 Å². The van der Waals surface area contributed by atoms with E-state index in [1.54, 1.807) is 22.9 Å². The molecule has 0 fully saturated rings. The molecular formula is C26H37N5O3. The van der Waals surface area contributed by atoms with E-state index in [1.807, 2.05) is 19.9 Å². The van der Waals surface area contributed by atoms with E-state index in [0.717, 1.165) is 19.3 Å². The lowest BCUT2D eigenvalue weighted by Crippen LogP contribution is -2.35. The molecule has 3 rings (SSSR count). The summed E-state index contributed by atoms with van der Waals surface area (Å²) in [5, 5.41) is 12.0. The monoisotopic (exact) mass is 467 g/mol. The van der Waals surface area contributed by atoms with Crippen molar-refractivity contribution < 1.29 is 9.53 Å². The lowest BCUT2D eigenvalue weighted by atomic mass is 10.1. The number of fused-ring (bicyclic) bond motifs is 2. The highest BCUT2D eigenvalue weighted by atomic mass is 16.5. The molecular weight excluding hydrogens is 430 g/mol. The second kappa shape index (κ2) is 12.5. The highest BCUT2D eigenvalue weighted by Gasteiger charge is 2.17. The molecule has 34 heavy (non-hydrogen) atoms. The minimum Gasteiger partial charge on any atom is -0.379 e. The van der Waals surface area contributed by atoms with E-state index in [4.69, 9.17) is 10.1 Å². The summed E-state index contributed by atoms with van der Waals surface area (Å²) < 4.78 is 8.78. The normalized spacial score (nSPS) is 11.5. The topological polar surface area (TPSA) is 101 Å². The maximum absolute atomic E-state index is 13.2. The Morgan fingerprint density at radius 1 is 1.15 bits per heavy atom. The number of carbonyl (C=O) groups is 1. The first kappa shape index (κ1) is 25.6. The third-order valence-electron chi connectivity index (χ3n) is 5.86. The van der Waals surface area contributed by atoms with Crippen LogP contribution in [-0.2, 0) is 11.3 Å². The summed E-state index contributed by atoms with van der Waals surface area (Å²) in [6.45, 7) is 7.64. The number of unbranched alkanes of at least 4 members (excludes halogenated alkanes) is 5. The molecule has 0 aliphatic heterocycles. The summed E-state index contributed by atoms with van der Waals surface area (Å²) in [6.07, 6.45) is 9.22. The second-order valence-electron chi connectivity index (χ2n) is 8.94. The van der Waals surface area contributed by atoms with Crippen LogP contribution in [0.25, 0.3) is 16.7 Å². The van der Waals surface area contributed by atoms with E-state index in [1.165, 1.54) is 29.7 Å². The molecule has 1 amide bonds. The smallest absolute Gasteiger partial charge is 0.267 e. The first-order chi connectivity index (χ1) is 16.4. The number of rotatable bonds is 13. The molecule has 0 unspecified atom stereocenters. The maximum atomic E-state index is 13.2. The third-order valence-corrected chi connectivity index (χ3v) is 5.86. The lowest BCUT2D eigenvalue weighted by molar-refractivity contribution is 0.0748. The third kappa shape index (κ3) is 6.32. The Morgan fingerprint density at radius 2 is 1.91 bits per heavy atom. The Morgan fingerprint density at radius 3 is 2.68 bits per heavy atom. The number of nitrogens with zero attached hydrogens (tertiary/aromatic N) is 3. The predicted molar refractivity (Wildman–Crippen MR) is 134 cm³/mol. The fourth-order valence-electron chi connectivity index (χ4n) is 4.02. The Balaban J connectivity index is 1.90. The number of pyridine rings is 2. The molecule has 3 aromatic rings. The van der Waals surface area contributed by atoms with Crippen molar-refractivity contribution in [3.63, 3.8) is 0 Å². The summed E-state index contributed by atoms with van der Waals surface area (Å²) in [5.41, 5.74) is 0.922. The largest absolute Gasteiger partial charge is 0.379 e. The Hall–Kier alpha value is -3.00. The van der Waals surface area contributed by atoms with Crippen LogP contribution < -0.4 is 16.4 Å². The summed E-state index contributed by atoms with van der Waals surface area (Å²) in [5.74, 6) is -0.329. The van der Waals surface area contributed by atoms with Gasteiger partial charge in [0.2, 0.25) is 0 Å². The molecule has 3 aromatic heterocycles. The molecule has 0 saturated carbocycles. The van der Waals surface area contributed by atoms with Crippen LogP contribution in [0, 0.1) is 5.41 Å². The van der Waals surface area contributed by atoms with Crippen LogP contribution in [0.2, 0.25) is 0 Å². The molecule has 0 radical (unpaired) electrons. The summed E-state index contributed by atoms with van der Waals surface area (Å²) in [4.78, 5) is 30.9. The first-order valence-electron chi connectivity index (χ1n) is 12.4. The molecule has 3 heterocycles. The summed E-state index contributed by atoms with van der Waals surface area (Å²) in [7, 11) is 0. The van der Waals surface area contributed by atoms with Crippen LogP contribution in [0.5, 0.6) is 0 Å². The van der Waals surface area contributed by atoms with Crippen molar-refractivity contribution >= 4 is 22.6 Å². The Labute approximate surface area is 200 Å². The Kier molecular flexibility index (Phi) is 9.39. The fourth-order valence-corrected chi connectivity index (χ4v) is 4.02. The number of carbonyl (C=O) groups excluding carboxylic acids is 1. The zero-order valence-electron chi connectivity index (χ0n) is 20.6. The van der Waals surface area contributed by atoms with Crippen LogP contribution in [0.15, 0.2) is 35.3 Å². The zero-order valence-corrected chi connectivity index (χ0v) is 20.6. The predicted octanol–water partition coefficient (Wildman–Crippen LogP) is 4.03. The van der Waals surface area contributed by atoms with Crippen LogP contribution in [0.3, 0.4) is 0 Å². The minimum absolute atomic E-state index is 0.0599. The van der Waals surface area contributed by atoms with Crippen LogP contribution in [-0.4, -0.2) is 39.1 Å². The van der Waals surface area contributed by atoms with Gasteiger partial charge in [-0.05, 0) is 44.9 Å². The standard InChI is InChI=1S/C26H37N5O3/c1-4-5-6-7-8-10-14-28-25(32)20-18-21-24(29-22-13-9-11-15-30(22)26(21)33)31(23(20)27)16-12-17-34-19(2)3/h9,11,13,15,18-19,27H,4-8,10,12,14,16-17H2,1-3H3,(H,28,32). The average Bonchev–Trinajstić information content (AvgIpc) is 2.82. The van der Waals surface area contributed by atoms with Gasteiger partial charge in [0.05, 0.1) is 17.1 Å². The SMILES string of the molecule is CCCCCCCCNC(=O)c1cc2c(=O)n3ccccc3nc2n(CCCOC(C)C)c1=N. The molecule has 8 heteroatoms. The van der Waals surface area contributed by atoms with Gasteiger partial charge in [-0.15, -0.1) is 0 Å². The van der Waals surface area contributed by atoms with Crippen molar-refractivity contribution in [2.45, 2.75) is 78.4 Å². The molecule has 184 valence electrons. The molecule has 0 aromatic carbocycles. The van der Waals surface area contributed by atoms with E-state index in [-0.39, 0.29) is 28.6 Å². The van der Waals surface area contributed by atoms with E-state index in [2.05, 4.69) is 17.2 Å². The van der Waals surface area contributed by atoms with Crippen molar-refractivity contribution in [1.29, 1.82) is 5.41 Å². The number of hydrogen-bond acceptors (Lipinski definition) is 5. The van der Waals surface area contributed by atoms with Crippen LogP contribution in [0.1, 0.15) is 76.1 Å². The summed E-state index contributed by atoms with van der Waals surface area (Å²) >= 11 is 0. The highest BCUT2D eigenvalue weighted by molar-refractivity contribution is 5.96. The van der Waals surface area contributed by atoms with Crippen molar-refractivity contribution in [3.8, 4) is 0 Å². The molecule has 0 aliphatic rings. The summed E-state index contributed by atoms with van der Waals surface area (Å²) in [6, 6.07) is 6.87. The number of aromatic nitrogens is 3. The van der Waals surface area contributed by atoms with Gasteiger partial charge in [-0.1, -0.05) is 45.1 Å². The van der Waals surface area contributed by atoms with Crippen molar-refractivity contribution in [1.82, 2.24) is 19.3 Å². The van der Waals surface area contributed by atoms with Gasteiger partial charge in [-0.25, -0.2) is 4.98 Å². The number of amides is 1. The van der Waals surface area contributed by atoms with E-state index < -0.39 is 0 Å². The van der Waals surface area contributed by atoms with Gasteiger partial charge >= 0.3 is 0 Å². The first-order valence-corrected chi connectivity index (χ1v) is 12.4. The quantitative estimate of drug-likeness (QED) is 0.293. The van der Waals surface area contributed by atoms with Crippen molar-refractivity contribution in [2.24, 2.45) is 0 Å². The number of nitrogens with one attached hydrogen (secondary N) is 2. The maximum Gasteiger partial charge on any atom is 0.267 e. The van der Waals surface area contributed by atoms with Gasteiger partial charge in [0.25, 0.3) is 11.5 Å². The van der Waals surface area contributed by atoms with Crippen LogP contribution >= 0.6 is 0 Å². The number of ether oxygens (including phenoxy) is 1. The van der Waals surface area contributed by atoms with Crippen molar-refractivity contribution in [2.75, 3.05) is 13.2 Å². The van der Waals surface area contributed by atoms with Gasteiger partial charge in [0.1, 0.15) is 16.8 Å². The van der Waals surface area contributed by atoms with Gasteiger partial charge in [-0.2, -0.15) is 0 Å². The highest BCUT2D eigenvalue weighted by Crippen LogP contribution is 2.11. The van der Waals surface area contributed by atoms with E-state index in [9.17, 15) is 9.59 Å².